The molecule has 27 heavy (non-hydrogen) atoms. The Hall–Kier alpha value is -2.66. The van der Waals surface area contributed by atoms with Crippen LogP contribution in [0.3, 0.4) is 0 Å². The molecule has 3 heterocycles. The lowest BCUT2D eigenvalue weighted by molar-refractivity contribution is 0.387. The third-order valence-electron chi connectivity index (χ3n) is 6.13. The van der Waals surface area contributed by atoms with Gasteiger partial charge < -0.3 is 9.80 Å². The summed E-state index contributed by atoms with van der Waals surface area (Å²) in [6.45, 7) is 4.52. The van der Waals surface area contributed by atoms with Gasteiger partial charge in [-0.15, -0.1) is 0 Å². The average Bonchev–Trinajstić information content (AvgIpc) is 3.22. The molecular formula is C22H24N4O. The first-order valence-electron chi connectivity index (χ1n) is 9.60. The fourth-order valence-electron chi connectivity index (χ4n) is 4.74. The minimum atomic E-state index is 0.0137. The van der Waals surface area contributed by atoms with Crippen molar-refractivity contribution >= 4 is 16.6 Å². The molecule has 2 fully saturated rings. The fraction of sp³-hybridized carbons (Fsp3) is 0.364. The highest BCUT2D eigenvalue weighted by atomic mass is 16.1. The summed E-state index contributed by atoms with van der Waals surface area (Å²) in [5.74, 6) is 2.19. The molecule has 5 heteroatoms. The molecule has 0 spiro atoms. The van der Waals surface area contributed by atoms with Gasteiger partial charge in [-0.1, -0.05) is 30.3 Å². The molecule has 0 saturated carbocycles. The van der Waals surface area contributed by atoms with E-state index in [2.05, 4.69) is 22.9 Å². The maximum atomic E-state index is 13.0. The largest absolute Gasteiger partial charge is 0.371 e. The van der Waals surface area contributed by atoms with E-state index in [1.807, 2.05) is 42.5 Å². The number of anilines is 1. The van der Waals surface area contributed by atoms with Gasteiger partial charge >= 0.3 is 0 Å². The predicted octanol–water partition coefficient (Wildman–Crippen LogP) is 2.60. The van der Waals surface area contributed by atoms with Gasteiger partial charge in [0.05, 0.1) is 10.9 Å². The molecule has 3 aromatic rings. The van der Waals surface area contributed by atoms with E-state index < -0.39 is 0 Å². The lowest BCUT2D eigenvalue weighted by atomic mass is 10.0. The summed E-state index contributed by atoms with van der Waals surface area (Å²) in [5.41, 5.74) is 2.88. The molecule has 5 nitrogen and oxygen atoms in total. The highest BCUT2D eigenvalue weighted by Crippen LogP contribution is 2.34. The Morgan fingerprint density at radius 2 is 1.63 bits per heavy atom. The molecule has 0 radical (unpaired) electrons. The Morgan fingerprint density at radius 1 is 0.926 bits per heavy atom. The molecular weight excluding hydrogens is 336 g/mol. The molecule has 138 valence electrons. The SMILES string of the molecule is CN1CC2CN(c3ccc4nc(-c5ccccc5)n(C)c(=O)c4c3)CC2C1. The molecule has 2 aliphatic rings. The summed E-state index contributed by atoms with van der Waals surface area (Å²) in [6.07, 6.45) is 0. The first-order chi connectivity index (χ1) is 13.1. The van der Waals surface area contributed by atoms with Crippen molar-refractivity contribution in [3.8, 4) is 11.4 Å². The van der Waals surface area contributed by atoms with Crippen LogP contribution in [0.25, 0.3) is 22.3 Å². The monoisotopic (exact) mass is 360 g/mol. The Labute approximate surface area is 158 Å². The normalized spacial score (nSPS) is 22.5. The van der Waals surface area contributed by atoms with Gasteiger partial charge in [-0.2, -0.15) is 0 Å². The molecule has 0 bridgehead atoms. The summed E-state index contributed by atoms with van der Waals surface area (Å²) >= 11 is 0. The van der Waals surface area contributed by atoms with E-state index in [1.54, 1.807) is 11.6 Å². The number of hydrogen-bond acceptors (Lipinski definition) is 4. The Morgan fingerprint density at radius 3 is 2.33 bits per heavy atom. The van der Waals surface area contributed by atoms with Crippen molar-refractivity contribution in [3.05, 3.63) is 58.9 Å². The van der Waals surface area contributed by atoms with E-state index in [0.717, 1.165) is 41.7 Å². The third-order valence-corrected chi connectivity index (χ3v) is 6.13. The molecule has 1 aromatic heterocycles. The second-order valence-corrected chi connectivity index (χ2v) is 8.01. The van der Waals surface area contributed by atoms with Gasteiger partial charge in [0.2, 0.25) is 0 Å². The number of likely N-dealkylation sites (tertiary alicyclic amines) is 1. The van der Waals surface area contributed by atoms with Crippen LogP contribution >= 0.6 is 0 Å². The molecule has 2 atom stereocenters. The van der Waals surface area contributed by atoms with Gasteiger partial charge in [-0.25, -0.2) is 4.98 Å². The zero-order valence-electron chi connectivity index (χ0n) is 15.8. The van der Waals surface area contributed by atoms with Gasteiger partial charge in [0.15, 0.2) is 0 Å². The van der Waals surface area contributed by atoms with Gasteiger partial charge in [-0.3, -0.25) is 9.36 Å². The highest BCUT2D eigenvalue weighted by Gasteiger charge is 2.38. The molecule has 2 aliphatic heterocycles. The number of nitrogens with zero attached hydrogens (tertiary/aromatic N) is 4. The molecule has 0 aliphatic carbocycles. The van der Waals surface area contributed by atoms with Crippen molar-refractivity contribution in [2.24, 2.45) is 18.9 Å². The Balaban J connectivity index is 1.54. The van der Waals surface area contributed by atoms with Gasteiger partial charge in [-0.05, 0) is 37.1 Å². The minimum absolute atomic E-state index is 0.0137. The van der Waals surface area contributed by atoms with Crippen LogP contribution < -0.4 is 10.5 Å². The number of rotatable bonds is 2. The van der Waals surface area contributed by atoms with E-state index in [1.165, 1.54) is 13.1 Å². The van der Waals surface area contributed by atoms with E-state index in [4.69, 9.17) is 4.98 Å². The second kappa shape index (κ2) is 6.20. The van der Waals surface area contributed by atoms with Crippen molar-refractivity contribution in [1.29, 1.82) is 0 Å². The maximum absolute atomic E-state index is 13.0. The van der Waals surface area contributed by atoms with E-state index >= 15 is 0 Å². The van der Waals surface area contributed by atoms with Crippen molar-refractivity contribution < 1.29 is 0 Å². The standard InChI is InChI=1S/C22H24N4O/c1-24-11-16-13-26(14-17(16)12-24)18-8-9-20-19(10-18)22(27)25(2)21(23-20)15-6-4-3-5-7-15/h3-10,16-17H,11-14H2,1-2H3. The maximum Gasteiger partial charge on any atom is 0.261 e. The van der Waals surface area contributed by atoms with Crippen LogP contribution in [-0.4, -0.2) is 47.7 Å². The number of benzene rings is 2. The zero-order valence-corrected chi connectivity index (χ0v) is 15.8. The minimum Gasteiger partial charge on any atom is -0.371 e. The topological polar surface area (TPSA) is 41.4 Å². The first kappa shape index (κ1) is 16.5. The number of aromatic nitrogens is 2. The van der Waals surface area contributed by atoms with E-state index in [0.29, 0.717) is 11.2 Å². The van der Waals surface area contributed by atoms with E-state index in [-0.39, 0.29) is 5.56 Å². The summed E-state index contributed by atoms with van der Waals surface area (Å²) < 4.78 is 1.66. The second-order valence-electron chi connectivity index (χ2n) is 8.01. The van der Waals surface area contributed by atoms with Crippen molar-refractivity contribution in [1.82, 2.24) is 14.5 Å². The Kier molecular flexibility index (Phi) is 3.79. The fourth-order valence-corrected chi connectivity index (χ4v) is 4.74. The van der Waals surface area contributed by atoms with Crippen LogP contribution in [0.15, 0.2) is 53.3 Å². The summed E-state index contributed by atoms with van der Waals surface area (Å²) in [4.78, 5) is 22.7. The average molecular weight is 360 g/mol. The number of fused-ring (bicyclic) bond motifs is 2. The van der Waals surface area contributed by atoms with E-state index in [9.17, 15) is 4.79 Å². The lowest BCUT2D eigenvalue weighted by Crippen LogP contribution is -2.27. The molecule has 0 amide bonds. The molecule has 2 saturated heterocycles. The van der Waals surface area contributed by atoms with Crippen molar-refractivity contribution in [2.75, 3.05) is 38.1 Å². The zero-order chi connectivity index (χ0) is 18.5. The smallest absolute Gasteiger partial charge is 0.261 e. The molecule has 5 rings (SSSR count). The van der Waals surface area contributed by atoms with Crippen molar-refractivity contribution in [2.45, 2.75) is 0 Å². The highest BCUT2D eigenvalue weighted by molar-refractivity contribution is 5.83. The van der Waals surface area contributed by atoms with Crippen LogP contribution in [0.1, 0.15) is 0 Å². The van der Waals surface area contributed by atoms with Crippen molar-refractivity contribution in [3.63, 3.8) is 0 Å². The predicted molar refractivity (Wildman–Crippen MR) is 109 cm³/mol. The molecule has 2 unspecified atom stereocenters. The van der Waals surface area contributed by atoms with Gasteiger partial charge in [0.25, 0.3) is 5.56 Å². The van der Waals surface area contributed by atoms with Crippen LogP contribution in [0.4, 0.5) is 5.69 Å². The third kappa shape index (κ3) is 2.73. The first-order valence-corrected chi connectivity index (χ1v) is 9.60. The van der Waals surface area contributed by atoms with Gasteiger partial charge in [0, 0.05) is 44.5 Å². The van der Waals surface area contributed by atoms with Crippen LogP contribution in [0, 0.1) is 11.8 Å². The van der Waals surface area contributed by atoms with Crippen LogP contribution in [-0.2, 0) is 7.05 Å². The summed E-state index contributed by atoms with van der Waals surface area (Å²) in [5, 5.41) is 0.698. The quantitative estimate of drug-likeness (QED) is 0.704. The Bertz CT molecular complexity index is 1050. The molecule has 0 N–H and O–H groups in total. The van der Waals surface area contributed by atoms with Gasteiger partial charge in [0.1, 0.15) is 5.82 Å². The molecule has 2 aromatic carbocycles. The summed E-state index contributed by atoms with van der Waals surface area (Å²) in [6, 6.07) is 16.0. The number of hydrogen-bond donors (Lipinski definition) is 0. The van der Waals surface area contributed by atoms with Crippen LogP contribution in [0.2, 0.25) is 0 Å². The lowest BCUT2D eigenvalue weighted by Gasteiger charge is -2.22. The van der Waals surface area contributed by atoms with Crippen LogP contribution in [0.5, 0.6) is 0 Å². The summed E-state index contributed by atoms with van der Waals surface area (Å²) in [7, 11) is 4.01.